The van der Waals surface area contributed by atoms with Gasteiger partial charge in [0.1, 0.15) is 12.1 Å². The molecular formula is C24H23F4N5O2. The molecule has 0 saturated heterocycles. The van der Waals surface area contributed by atoms with E-state index in [-0.39, 0.29) is 36.4 Å². The highest BCUT2D eigenvalue weighted by Gasteiger charge is 2.33. The number of benzene rings is 2. The molecule has 1 amide bonds. The maximum atomic E-state index is 15.3. The van der Waals surface area contributed by atoms with E-state index in [1.807, 2.05) is 12.1 Å². The van der Waals surface area contributed by atoms with Gasteiger partial charge in [-0.3, -0.25) is 4.79 Å². The van der Waals surface area contributed by atoms with Crippen molar-refractivity contribution in [3.8, 4) is 5.75 Å². The number of carbonyl (C=O) groups is 1. The van der Waals surface area contributed by atoms with Crippen molar-refractivity contribution < 1.29 is 27.1 Å². The number of aromatic nitrogens is 2. The minimum atomic E-state index is -4.76. The summed E-state index contributed by atoms with van der Waals surface area (Å²) in [5.74, 6) is -1.19. The Balaban J connectivity index is 1.45. The topological polar surface area (TPSA) is 93.4 Å². The van der Waals surface area contributed by atoms with Crippen molar-refractivity contribution in [3.05, 3.63) is 77.4 Å². The second kappa shape index (κ2) is 10.2. The van der Waals surface area contributed by atoms with Gasteiger partial charge >= 0.3 is 6.36 Å². The molecule has 0 unspecified atom stereocenters. The minimum Gasteiger partial charge on any atom is -0.406 e. The third-order valence-electron chi connectivity index (χ3n) is 5.40. The second-order valence-corrected chi connectivity index (χ2v) is 8.22. The first-order chi connectivity index (χ1) is 16.7. The van der Waals surface area contributed by atoms with Crippen molar-refractivity contribution in [2.45, 2.75) is 44.8 Å². The molecule has 1 heterocycles. The van der Waals surface area contributed by atoms with Gasteiger partial charge in [0.15, 0.2) is 11.6 Å². The van der Waals surface area contributed by atoms with Crippen molar-refractivity contribution in [1.29, 1.82) is 0 Å². The van der Waals surface area contributed by atoms with Gasteiger partial charge in [-0.15, -0.1) is 13.2 Å². The summed E-state index contributed by atoms with van der Waals surface area (Å²) in [6.07, 6.45) is -1.63. The Hall–Kier alpha value is -3.89. The average Bonchev–Trinajstić information content (AvgIpc) is 3.63. The van der Waals surface area contributed by atoms with E-state index in [1.54, 1.807) is 17.0 Å². The first-order valence-electron chi connectivity index (χ1n) is 10.9. The largest absolute Gasteiger partial charge is 0.573 e. The lowest BCUT2D eigenvalue weighted by Crippen LogP contribution is -2.27. The molecular weight excluding hydrogens is 466 g/mol. The number of nitrogens with one attached hydrogen (secondary N) is 1. The number of halogens is 4. The molecule has 1 saturated carbocycles. The van der Waals surface area contributed by atoms with Crippen LogP contribution in [0.5, 0.6) is 5.75 Å². The Bertz CT molecular complexity index is 1170. The Morgan fingerprint density at radius 3 is 2.26 bits per heavy atom. The second-order valence-electron chi connectivity index (χ2n) is 8.22. The Kier molecular flexibility index (Phi) is 7.04. The number of nitrogens with two attached hydrogens (primary N) is 1. The molecule has 7 nitrogen and oxygen atoms in total. The third-order valence-corrected chi connectivity index (χ3v) is 5.40. The molecule has 184 valence electrons. The van der Waals surface area contributed by atoms with E-state index >= 15 is 4.39 Å². The van der Waals surface area contributed by atoms with Crippen LogP contribution in [0.2, 0.25) is 0 Å². The highest BCUT2D eigenvalue weighted by Crippen LogP contribution is 2.35. The predicted octanol–water partition coefficient (Wildman–Crippen LogP) is 4.32. The van der Waals surface area contributed by atoms with Gasteiger partial charge < -0.3 is 20.7 Å². The van der Waals surface area contributed by atoms with E-state index in [4.69, 9.17) is 5.73 Å². The zero-order valence-corrected chi connectivity index (χ0v) is 18.6. The van der Waals surface area contributed by atoms with Gasteiger partial charge in [-0.05, 0) is 41.7 Å². The van der Waals surface area contributed by atoms with Gasteiger partial charge in [0.05, 0.1) is 6.42 Å². The normalized spacial score (nSPS) is 13.4. The lowest BCUT2D eigenvalue weighted by atomic mass is 10.1. The predicted molar refractivity (Wildman–Crippen MR) is 121 cm³/mol. The highest BCUT2D eigenvalue weighted by molar-refractivity contribution is 5.76. The third kappa shape index (κ3) is 6.81. The SMILES string of the molecule is NC(=O)Cc1ccc(CNc2ncnc(N(Cc3ccc(OC(F)(F)F)cc3)C3CC3)c2F)cc1. The summed E-state index contributed by atoms with van der Waals surface area (Å²) in [6.45, 7) is 0.569. The molecule has 0 radical (unpaired) electrons. The van der Waals surface area contributed by atoms with Crippen LogP contribution in [0.25, 0.3) is 0 Å². The molecule has 4 rings (SSSR count). The number of amides is 1. The summed E-state index contributed by atoms with van der Waals surface area (Å²) < 4.78 is 56.4. The molecule has 0 spiro atoms. The summed E-state index contributed by atoms with van der Waals surface area (Å²) in [4.78, 5) is 21.0. The van der Waals surface area contributed by atoms with E-state index < -0.39 is 18.1 Å². The Labute approximate surface area is 198 Å². The first-order valence-corrected chi connectivity index (χ1v) is 10.9. The molecule has 11 heteroatoms. The standard InChI is InChI=1S/C24H23F4N5O2/c25-21-22(30-12-16-3-1-15(2-4-16)11-20(29)34)31-14-32-23(21)33(18-7-8-18)13-17-5-9-19(10-6-17)35-24(26,27)28/h1-6,9-10,14,18H,7-8,11-13H2,(H2,29,34)(H,30,31,32). The number of anilines is 2. The monoisotopic (exact) mass is 489 g/mol. The molecule has 1 fully saturated rings. The van der Waals surface area contributed by atoms with Crippen LogP contribution >= 0.6 is 0 Å². The van der Waals surface area contributed by atoms with Gasteiger partial charge in [-0.25, -0.2) is 9.97 Å². The van der Waals surface area contributed by atoms with Crippen LogP contribution in [0.3, 0.4) is 0 Å². The van der Waals surface area contributed by atoms with Gasteiger partial charge in [-0.1, -0.05) is 36.4 Å². The van der Waals surface area contributed by atoms with Gasteiger partial charge in [-0.2, -0.15) is 4.39 Å². The fourth-order valence-electron chi connectivity index (χ4n) is 3.60. The summed E-state index contributed by atoms with van der Waals surface area (Å²) in [5.41, 5.74) is 7.53. The molecule has 1 aliphatic carbocycles. The average molecular weight is 489 g/mol. The molecule has 35 heavy (non-hydrogen) atoms. The van der Waals surface area contributed by atoms with E-state index in [2.05, 4.69) is 20.0 Å². The van der Waals surface area contributed by atoms with Gasteiger partial charge in [0, 0.05) is 19.1 Å². The van der Waals surface area contributed by atoms with Crippen molar-refractivity contribution >= 4 is 17.5 Å². The fraction of sp³-hybridized carbons (Fsp3) is 0.292. The summed E-state index contributed by atoms with van der Waals surface area (Å²) in [6, 6.07) is 12.7. The molecule has 1 aliphatic rings. The maximum absolute atomic E-state index is 15.3. The Morgan fingerprint density at radius 1 is 1.03 bits per heavy atom. The van der Waals surface area contributed by atoms with Crippen molar-refractivity contribution in [3.63, 3.8) is 0 Å². The summed E-state index contributed by atoms with van der Waals surface area (Å²) >= 11 is 0. The van der Waals surface area contributed by atoms with Crippen LogP contribution in [-0.4, -0.2) is 28.3 Å². The van der Waals surface area contributed by atoms with Gasteiger partial charge in [0.2, 0.25) is 11.7 Å². The minimum absolute atomic E-state index is 0.0378. The zero-order chi connectivity index (χ0) is 25.0. The molecule has 3 N–H and O–H groups in total. The highest BCUT2D eigenvalue weighted by atomic mass is 19.4. The quantitative estimate of drug-likeness (QED) is 0.412. The van der Waals surface area contributed by atoms with Crippen LogP contribution in [0.15, 0.2) is 54.9 Å². The maximum Gasteiger partial charge on any atom is 0.573 e. The van der Waals surface area contributed by atoms with E-state index in [1.165, 1.54) is 30.6 Å². The van der Waals surface area contributed by atoms with Crippen LogP contribution in [0.1, 0.15) is 29.5 Å². The lowest BCUT2D eigenvalue weighted by Gasteiger charge is -2.24. The number of hydrogen-bond acceptors (Lipinski definition) is 6. The van der Waals surface area contributed by atoms with E-state index in [9.17, 15) is 18.0 Å². The molecule has 2 aromatic carbocycles. The molecule has 3 aromatic rings. The molecule has 1 aromatic heterocycles. The smallest absolute Gasteiger partial charge is 0.406 e. The number of nitrogens with zero attached hydrogens (tertiary/aromatic N) is 3. The molecule has 0 aliphatic heterocycles. The lowest BCUT2D eigenvalue weighted by molar-refractivity contribution is -0.274. The van der Waals surface area contributed by atoms with Crippen LogP contribution in [-0.2, 0) is 24.3 Å². The summed E-state index contributed by atoms with van der Waals surface area (Å²) in [5, 5.41) is 2.97. The fourth-order valence-corrected chi connectivity index (χ4v) is 3.60. The van der Waals surface area contributed by atoms with Crippen molar-refractivity contribution in [2.75, 3.05) is 10.2 Å². The van der Waals surface area contributed by atoms with Crippen molar-refractivity contribution in [2.24, 2.45) is 5.73 Å². The number of carbonyl (C=O) groups excluding carboxylic acids is 1. The first kappa shape index (κ1) is 24.2. The number of primary amides is 1. The van der Waals surface area contributed by atoms with Crippen LogP contribution in [0.4, 0.5) is 29.2 Å². The van der Waals surface area contributed by atoms with E-state index in [0.717, 1.165) is 24.0 Å². The van der Waals surface area contributed by atoms with Gasteiger partial charge in [0.25, 0.3) is 0 Å². The van der Waals surface area contributed by atoms with Crippen molar-refractivity contribution in [1.82, 2.24) is 9.97 Å². The number of hydrogen-bond donors (Lipinski definition) is 2. The van der Waals surface area contributed by atoms with Crippen LogP contribution < -0.4 is 20.7 Å². The number of ether oxygens (including phenoxy) is 1. The number of rotatable bonds is 10. The molecule has 0 bridgehead atoms. The summed E-state index contributed by atoms with van der Waals surface area (Å²) in [7, 11) is 0. The van der Waals surface area contributed by atoms with Crippen LogP contribution in [0, 0.1) is 5.82 Å². The van der Waals surface area contributed by atoms with E-state index in [0.29, 0.717) is 12.1 Å². The molecule has 0 atom stereocenters. The zero-order valence-electron chi connectivity index (χ0n) is 18.6. The number of alkyl halides is 3. The Morgan fingerprint density at radius 2 is 1.66 bits per heavy atom.